The van der Waals surface area contributed by atoms with Crippen molar-refractivity contribution in [3.05, 3.63) is 15.8 Å². The zero-order chi connectivity index (χ0) is 13.9. The van der Waals surface area contributed by atoms with Crippen molar-refractivity contribution < 1.29 is 9.00 Å². The van der Waals surface area contributed by atoms with Gasteiger partial charge in [0.1, 0.15) is 9.92 Å². The number of hydrogen-bond acceptors (Lipinski definition) is 4. The van der Waals surface area contributed by atoms with Gasteiger partial charge in [0.25, 0.3) is 5.91 Å². The van der Waals surface area contributed by atoms with Crippen LogP contribution in [0.5, 0.6) is 0 Å². The van der Waals surface area contributed by atoms with E-state index in [1.807, 2.05) is 13.8 Å². The Morgan fingerprint density at radius 2 is 2.28 bits per heavy atom. The Balaban J connectivity index is 3.02. The second kappa shape index (κ2) is 6.12. The third-order valence-electron chi connectivity index (χ3n) is 2.65. The lowest BCUT2D eigenvalue weighted by Crippen LogP contribution is -2.36. The lowest BCUT2D eigenvalue weighted by Gasteiger charge is -2.14. The van der Waals surface area contributed by atoms with Crippen LogP contribution in [0.15, 0.2) is 20.7 Å². The first-order chi connectivity index (χ1) is 8.27. The summed E-state index contributed by atoms with van der Waals surface area (Å²) in [4.78, 5) is 12.0. The number of carbonyl (C=O) groups is 1. The summed E-state index contributed by atoms with van der Waals surface area (Å²) in [6.07, 6.45) is 0.735. The highest BCUT2D eigenvalue weighted by molar-refractivity contribution is 7.91. The molecule has 0 fully saturated rings. The van der Waals surface area contributed by atoms with Gasteiger partial charge in [-0.2, -0.15) is 0 Å². The molecule has 1 unspecified atom stereocenters. The molecule has 18 heavy (non-hydrogen) atoms. The first kappa shape index (κ1) is 15.6. The molecule has 1 aromatic rings. The Bertz CT molecular complexity index is 549. The molecular formula is C10H16ClN3O2S2. The summed E-state index contributed by atoms with van der Waals surface area (Å²) in [6, 6.07) is 0.661. The van der Waals surface area contributed by atoms with Crippen molar-refractivity contribution in [2.45, 2.75) is 31.2 Å². The Morgan fingerprint density at radius 1 is 1.67 bits per heavy atom. The van der Waals surface area contributed by atoms with E-state index < -0.39 is 21.9 Å². The van der Waals surface area contributed by atoms with E-state index >= 15 is 0 Å². The molecular weight excluding hydrogens is 294 g/mol. The molecule has 0 aliphatic heterocycles. The SMILES string of the molecule is CC[C@H](C)[C@H](N)C(=O)N=S(N)(=O)c1csc(Cl)c1. The van der Waals surface area contributed by atoms with Gasteiger partial charge in [0, 0.05) is 5.38 Å². The van der Waals surface area contributed by atoms with Gasteiger partial charge in [-0.05, 0) is 12.0 Å². The third-order valence-corrected chi connectivity index (χ3v) is 5.25. The van der Waals surface area contributed by atoms with Crippen molar-refractivity contribution in [3.63, 3.8) is 0 Å². The van der Waals surface area contributed by atoms with E-state index in [4.69, 9.17) is 22.5 Å². The molecule has 0 saturated carbocycles. The number of amides is 1. The zero-order valence-electron chi connectivity index (χ0n) is 10.1. The predicted octanol–water partition coefficient (Wildman–Crippen LogP) is 2.00. The first-order valence-electron chi connectivity index (χ1n) is 5.36. The van der Waals surface area contributed by atoms with Crippen LogP contribution in [0.4, 0.5) is 0 Å². The van der Waals surface area contributed by atoms with Crippen LogP contribution < -0.4 is 10.9 Å². The summed E-state index contributed by atoms with van der Waals surface area (Å²) >= 11 is 6.91. The highest BCUT2D eigenvalue weighted by Gasteiger charge is 2.21. The average molecular weight is 310 g/mol. The summed E-state index contributed by atoms with van der Waals surface area (Å²) in [7, 11) is -3.25. The molecule has 102 valence electrons. The normalized spacial score (nSPS) is 17.8. The Hall–Kier alpha value is -0.470. The summed E-state index contributed by atoms with van der Waals surface area (Å²) in [5, 5.41) is 7.09. The quantitative estimate of drug-likeness (QED) is 0.889. The molecule has 1 aromatic heterocycles. The highest BCUT2D eigenvalue weighted by Crippen LogP contribution is 2.23. The van der Waals surface area contributed by atoms with Crippen LogP contribution in [0.2, 0.25) is 4.34 Å². The number of hydrogen-bond donors (Lipinski definition) is 2. The molecule has 8 heteroatoms. The van der Waals surface area contributed by atoms with E-state index in [1.165, 1.54) is 22.8 Å². The van der Waals surface area contributed by atoms with Crippen LogP contribution in [-0.4, -0.2) is 16.2 Å². The fourth-order valence-corrected chi connectivity index (χ4v) is 3.55. The number of nitrogens with two attached hydrogens (primary N) is 2. The van der Waals surface area contributed by atoms with Crippen molar-refractivity contribution >= 4 is 38.8 Å². The van der Waals surface area contributed by atoms with Gasteiger partial charge in [-0.15, -0.1) is 15.7 Å². The highest BCUT2D eigenvalue weighted by atomic mass is 35.5. The fourth-order valence-electron chi connectivity index (χ4n) is 1.19. The average Bonchev–Trinajstić information content (AvgIpc) is 2.74. The van der Waals surface area contributed by atoms with E-state index in [2.05, 4.69) is 4.36 Å². The predicted molar refractivity (Wildman–Crippen MR) is 74.8 cm³/mol. The van der Waals surface area contributed by atoms with Crippen LogP contribution in [0.3, 0.4) is 0 Å². The number of carbonyl (C=O) groups excluding carboxylic acids is 1. The van der Waals surface area contributed by atoms with Gasteiger partial charge in [0.2, 0.25) is 0 Å². The monoisotopic (exact) mass is 309 g/mol. The van der Waals surface area contributed by atoms with Gasteiger partial charge < -0.3 is 5.73 Å². The number of nitrogens with zero attached hydrogens (tertiary/aromatic N) is 1. The third kappa shape index (κ3) is 3.76. The van der Waals surface area contributed by atoms with Crippen molar-refractivity contribution in [2.75, 3.05) is 0 Å². The van der Waals surface area contributed by atoms with Gasteiger partial charge in [-0.1, -0.05) is 31.9 Å². The van der Waals surface area contributed by atoms with Crippen molar-refractivity contribution in [3.8, 4) is 0 Å². The first-order valence-corrected chi connectivity index (χ1v) is 8.20. The van der Waals surface area contributed by atoms with Crippen molar-refractivity contribution in [1.29, 1.82) is 0 Å². The molecule has 1 rings (SSSR count). The van der Waals surface area contributed by atoms with Gasteiger partial charge in [-0.3, -0.25) is 4.79 Å². The molecule has 1 amide bonds. The Labute approximate surface area is 116 Å². The van der Waals surface area contributed by atoms with Crippen LogP contribution in [0.25, 0.3) is 0 Å². The molecule has 0 aromatic carbocycles. The fraction of sp³-hybridized carbons (Fsp3) is 0.500. The van der Waals surface area contributed by atoms with E-state index in [0.717, 1.165) is 6.42 Å². The smallest absolute Gasteiger partial charge is 0.272 e. The zero-order valence-corrected chi connectivity index (χ0v) is 12.5. The molecule has 3 atom stereocenters. The summed E-state index contributed by atoms with van der Waals surface area (Å²) in [5.41, 5.74) is 5.71. The molecule has 1 heterocycles. The van der Waals surface area contributed by atoms with Crippen molar-refractivity contribution in [2.24, 2.45) is 21.2 Å². The standard InChI is InChI=1S/C10H16ClN3O2S2/c1-3-6(2)9(12)10(15)14-18(13,16)7-4-8(11)17-5-7/h4-6,9H,3,12H2,1-2H3,(H2,13,14,15,16)/t6-,9-,18?/m0/s1. The van der Waals surface area contributed by atoms with Gasteiger partial charge >= 0.3 is 0 Å². The summed E-state index contributed by atoms with van der Waals surface area (Å²) < 4.78 is 16.1. The van der Waals surface area contributed by atoms with Gasteiger partial charge in [-0.25, -0.2) is 9.35 Å². The van der Waals surface area contributed by atoms with E-state index in [0.29, 0.717) is 4.34 Å². The molecule has 0 radical (unpaired) electrons. The molecule has 5 nitrogen and oxygen atoms in total. The van der Waals surface area contributed by atoms with Crippen LogP contribution in [-0.2, 0) is 14.7 Å². The Kier molecular flexibility index (Phi) is 5.30. The molecule has 4 N–H and O–H groups in total. The lowest BCUT2D eigenvalue weighted by atomic mass is 10.00. The van der Waals surface area contributed by atoms with Gasteiger partial charge in [0.05, 0.1) is 15.3 Å². The minimum Gasteiger partial charge on any atom is -0.320 e. The second-order valence-electron chi connectivity index (χ2n) is 4.00. The maximum atomic E-state index is 12.1. The van der Waals surface area contributed by atoms with Crippen LogP contribution >= 0.6 is 22.9 Å². The molecule has 0 bridgehead atoms. The largest absolute Gasteiger partial charge is 0.320 e. The van der Waals surface area contributed by atoms with Crippen LogP contribution in [0, 0.1) is 5.92 Å². The maximum Gasteiger partial charge on any atom is 0.272 e. The van der Waals surface area contributed by atoms with E-state index in [1.54, 1.807) is 0 Å². The molecule has 0 aliphatic carbocycles. The maximum absolute atomic E-state index is 12.1. The number of thiophene rings is 1. The molecule has 0 saturated heterocycles. The summed E-state index contributed by atoms with van der Waals surface area (Å²) in [6.45, 7) is 3.74. The summed E-state index contributed by atoms with van der Waals surface area (Å²) in [5.74, 6) is -0.679. The number of halogens is 1. The molecule has 0 spiro atoms. The Morgan fingerprint density at radius 3 is 2.72 bits per heavy atom. The van der Waals surface area contributed by atoms with E-state index in [-0.39, 0.29) is 10.8 Å². The van der Waals surface area contributed by atoms with Crippen molar-refractivity contribution in [1.82, 2.24) is 0 Å². The minimum absolute atomic E-state index is 0.0393. The van der Waals surface area contributed by atoms with Gasteiger partial charge in [0.15, 0.2) is 0 Å². The minimum atomic E-state index is -3.25. The number of rotatable bonds is 4. The second-order valence-corrected chi connectivity index (χ2v) is 7.33. The van der Waals surface area contributed by atoms with Crippen LogP contribution in [0.1, 0.15) is 20.3 Å². The lowest BCUT2D eigenvalue weighted by molar-refractivity contribution is -0.119. The van der Waals surface area contributed by atoms with E-state index in [9.17, 15) is 9.00 Å². The topological polar surface area (TPSA) is 98.5 Å². The molecule has 0 aliphatic rings.